The second-order valence-electron chi connectivity index (χ2n) is 5.76. The Hall–Kier alpha value is -1.94. The molecule has 0 amide bonds. The Balaban J connectivity index is 2.01. The molecule has 0 spiro atoms. The van der Waals surface area contributed by atoms with Gasteiger partial charge in [-0.25, -0.2) is 9.97 Å². The number of rotatable bonds is 2. The number of benzene rings is 1. The monoisotopic (exact) mass is 269 g/mol. The normalized spacial score (nSPS) is 14.6. The molecule has 0 bridgehead atoms. The minimum atomic E-state index is -0.534. The first kappa shape index (κ1) is 13.1. The standard InChI is InChI=1S/C16H19N3O/c1-16(2,17)15-18-8-7-13(19-15)11-5-6-14-12(10-11)4-3-9-20-14/h5-8,10H,3-4,9,17H2,1-2H3. The Bertz CT molecular complexity index is 632. The van der Waals surface area contributed by atoms with Gasteiger partial charge in [0.15, 0.2) is 0 Å². The van der Waals surface area contributed by atoms with Crippen LogP contribution in [0.5, 0.6) is 5.75 Å². The summed E-state index contributed by atoms with van der Waals surface area (Å²) < 4.78 is 5.64. The molecule has 0 aliphatic carbocycles. The van der Waals surface area contributed by atoms with Gasteiger partial charge in [-0.2, -0.15) is 0 Å². The van der Waals surface area contributed by atoms with Crippen molar-refractivity contribution in [3.8, 4) is 17.0 Å². The zero-order chi connectivity index (χ0) is 14.2. The molecule has 0 radical (unpaired) electrons. The Morgan fingerprint density at radius 1 is 1.25 bits per heavy atom. The van der Waals surface area contributed by atoms with Crippen LogP contribution in [0, 0.1) is 0 Å². The number of hydrogen-bond acceptors (Lipinski definition) is 4. The average Bonchev–Trinajstić information content (AvgIpc) is 2.46. The number of nitrogens with two attached hydrogens (primary N) is 1. The van der Waals surface area contributed by atoms with E-state index in [-0.39, 0.29) is 0 Å². The minimum Gasteiger partial charge on any atom is -0.493 e. The second-order valence-corrected chi connectivity index (χ2v) is 5.76. The van der Waals surface area contributed by atoms with Gasteiger partial charge in [-0.3, -0.25) is 0 Å². The van der Waals surface area contributed by atoms with E-state index in [1.165, 1.54) is 5.56 Å². The van der Waals surface area contributed by atoms with E-state index in [2.05, 4.69) is 16.0 Å². The van der Waals surface area contributed by atoms with Crippen LogP contribution in [0.15, 0.2) is 30.5 Å². The van der Waals surface area contributed by atoms with Crippen LogP contribution in [-0.2, 0) is 12.0 Å². The number of aromatic nitrogens is 2. The van der Waals surface area contributed by atoms with Crippen molar-refractivity contribution >= 4 is 0 Å². The van der Waals surface area contributed by atoms with Crippen LogP contribution in [0.2, 0.25) is 0 Å². The highest BCUT2D eigenvalue weighted by molar-refractivity contribution is 5.62. The van der Waals surface area contributed by atoms with Crippen molar-refractivity contribution in [2.75, 3.05) is 6.61 Å². The van der Waals surface area contributed by atoms with Crippen molar-refractivity contribution < 1.29 is 4.74 Å². The maximum atomic E-state index is 6.07. The van der Waals surface area contributed by atoms with Gasteiger partial charge in [-0.15, -0.1) is 0 Å². The molecule has 0 fully saturated rings. The molecular formula is C16H19N3O. The Morgan fingerprint density at radius 3 is 2.90 bits per heavy atom. The lowest BCUT2D eigenvalue weighted by Gasteiger charge is -2.19. The van der Waals surface area contributed by atoms with Gasteiger partial charge in [0.25, 0.3) is 0 Å². The van der Waals surface area contributed by atoms with Crippen LogP contribution in [0.4, 0.5) is 0 Å². The molecule has 4 nitrogen and oxygen atoms in total. The topological polar surface area (TPSA) is 61.0 Å². The number of nitrogens with zero attached hydrogens (tertiary/aromatic N) is 2. The summed E-state index contributed by atoms with van der Waals surface area (Å²) in [4.78, 5) is 8.85. The van der Waals surface area contributed by atoms with E-state index in [1.807, 2.05) is 32.0 Å². The smallest absolute Gasteiger partial charge is 0.148 e. The van der Waals surface area contributed by atoms with Crippen LogP contribution in [0.1, 0.15) is 31.7 Å². The van der Waals surface area contributed by atoms with Gasteiger partial charge < -0.3 is 10.5 Å². The maximum Gasteiger partial charge on any atom is 0.148 e. The zero-order valence-corrected chi connectivity index (χ0v) is 11.9. The molecule has 3 rings (SSSR count). The first-order chi connectivity index (χ1) is 9.54. The lowest BCUT2D eigenvalue weighted by molar-refractivity contribution is 0.288. The quantitative estimate of drug-likeness (QED) is 0.910. The lowest BCUT2D eigenvalue weighted by Crippen LogP contribution is -2.31. The van der Waals surface area contributed by atoms with Crippen LogP contribution in [-0.4, -0.2) is 16.6 Å². The molecule has 104 valence electrons. The molecule has 1 aliphatic heterocycles. The summed E-state index contributed by atoms with van der Waals surface area (Å²) in [7, 11) is 0. The van der Waals surface area contributed by atoms with Crippen LogP contribution in [0.25, 0.3) is 11.3 Å². The molecule has 0 unspecified atom stereocenters. The molecule has 0 saturated carbocycles. The van der Waals surface area contributed by atoms with Crippen LogP contribution >= 0.6 is 0 Å². The van der Waals surface area contributed by atoms with Gasteiger partial charge in [0.05, 0.1) is 17.8 Å². The molecule has 2 aromatic rings. The van der Waals surface area contributed by atoms with Crippen molar-refractivity contribution in [3.63, 3.8) is 0 Å². The molecule has 1 aromatic carbocycles. The molecule has 2 heterocycles. The molecule has 0 saturated heterocycles. The molecule has 0 atom stereocenters. The van der Waals surface area contributed by atoms with Crippen molar-refractivity contribution in [1.82, 2.24) is 9.97 Å². The summed E-state index contributed by atoms with van der Waals surface area (Å²) in [6.07, 6.45) is 3.90. The van der Waals surface area contributed by atoms with E-state index in [1.54, 1.807) is 6.20 Å². The fraction of sp³-hybridized carbons (Fsp3) is 0.375. The van der Waals surface area contributed by atoms with E-state index in [0.717, 1.165) is 36.5 Å². The summed E-state index contributed by atoms with van der Waals surface area (Å²) in [5.74, 6) is 1.65. The van der Waals surface area contributed by atoms with Crippen LogP contribution < -0.4 is 10.5 Å². The van der Waals surface area contributed by atoms with Gasteiger partial charge in [-0.05, 0) is 56.5 Å². The zero-order valence-electron chi connectivity index (χ0n) is 11.9. The van der Waals surface area contributed by atoms with Gasteiger partial charge in [0.1, 0.15) is 11.6 Å². The molecule has 2 N–H and O–H groups in total. The average molecular weight is 269 g/mol. The first-order valence-electron chi connectivity index (χ1n) is 6.92. The predicted octanol–water partition coefficient (Wildman–Crippen LogP) is 2.66. The number of hydrogen-bond donors (Lipinski definition) is 1. The minimum absolute atomic E-state index is 0.534. The third-order valence-electron chi connectivity index (χ3n) is 3.44. The summed E-state index contributed by atoms with van der Waals surface area (Å²) in [6, 6.07) is 8.14. The maximum absolute atomic E-state index is 6.07. The van der Waals surface area contributed by atoms with E-state index >= 15 is 0 Å². The predicted molar refractivity (Wildman–Crippen MR) is 78.5 cm³/mol. The highest BCUT2D eigenvalue weighted by Gasteiger charge is 2.18. The Kier molecular flexibility index (Phi) is 3.18. The number of ether oxygens (including phenoxy) is 1. The van der Waals surface area contributed by atoms with E-state index < -0.39 is 5.54 Å². The SMILES string of the molecule is CC(C)(N)c1nccc(-c2ccc3c(c2)CCCO3)n1. The molecule has 1 aromatic heterocycles. The van der Waals surface area contributed by atoms with Gasteiger partial charge in [-0.1, -0.05) is 0 Å². The third-order valence-corrected chi connectivity index (χ3v) is 3.44. The fourth-order valence-electron chi connectivity index (χ4n) is 2.35. The van der Waals surface area contributed by atoms with Gasteiger partial charge in [0, 0.05) is 11.8 Å². The van der Waals surface area contributed by atoms with E-state index in [9.17, 15) is 0 Å². The van der Waals surface area contributed by atoms with Gasteiger partial charge >= 0.3 is 0 Å². The number of aryl methyl sites for hydroxylation is 1. The van der Waals surface area contributed by atoms with Crippen molar-refractivity contribution in [3.05, 3.63) is 41.9 Å². The lowest BCUT2D eigenvalue weighted by atomic mass is 10.0. The van der Waals surface area contributed by atoms with E-state index in [0.29, 0.717) is 5.82 Å². The summed E-state index contributed by atoms with van der Waals surface area (Å²) in [6.45, 7) is 4.63. The summed E-state index contributed by atoms with van der Waals surface area (Å²) in [5.41, 5.74) is 8.78. The highest BCUT2D eigenvalue weighted by Crippen LogP contribution is 2.29. The highest BCUT2D eigenvalue weighted by atomic mass is 16.5. The Labute approximate surface area is 119 Å². The fourth-order valence-corrected chi connectivity index (χ4v) is 2.35. The second kappa shape index (κ2) is 4.87. The Morgan fingerprint density at radius 2 is 2.10 bits per heavy atom. The van der Waals surface area contributed by atoms with Gasteiger partial charge in [0.2, 0.25) is 0 Å². The van der Waals surface area contributed by atoms with Crippen LogP contribution in [0.3, 0.4) is 0 Å². The third kappa shape index (κ3) is 2.51. The molecule has 4 heteroatoms. The summed E-state index contributed by atoms with van der Waals surface area (Å²) >= 11 is 0. The first-order valence-corrected chi connectivity index (χ1v) is 6.92. The van der Waals surface area contributed by atoms with E-state index in [4.69, 9.17) is 10.5 Å². The largest absolute Gasteiger partial charge is 0.493 e. The summed E-state index contributed by atoms with van der Waals surface area (Å²) in [5, 5.41) is 0. The number of fused-ring (bicyclic) bond motifs is 1. The molecule has 1 aliphatic rings. The molecule has 20 heavy (non-hydrogen) atoms. The van der Waals surface area contributed by atoms with Crippen molar-refractivity contribution in [2.45, 2.75) is 32.2 Å². The molecular weight excluding hydrogens is 250 g/mol. The van der Waals surface area contributed by atoms with Crippen molar-refractivity contribution in [2.24, 2.45) is 5.73 Å². The van der Waals surface area contributed by atoms with Crippen molar-refractivity contribution in [1.29, 1.82) is 0 Å².